The molecule has 6 aromatic carbocycles. The second-order valence-electron chi connectivity index (χ2n) is 12.3. The summed E-state index contributed by atoms with van der Waals surface area (Å²) in [4.78, 5) is 18.0. The summed E-state index contributed by atoms with van der Waals surface area (Å²) >= 11 is 0. The molecule has 1 aliphatic heterocycles. The highest BCUT2D eigenvalue weighted by atomic mass is 16.6. The second kappa shape index (κ2) is 11.4. The van der Waals surface area contributed by atoms with Gasteiger partial charge in [-0.05, 0) is 115 Å². The molecule has 50 heavy (non-hydrogen) atoms. The number of benzene rings is 6. The first-order valence-electron chi connectivity index (χ1n) is 16.4. The first-order chi connectivity index (χ1) is 24.8. The van der Waals surface area contributed by atoms with Crippen molar-refractivity contribution in [3.8, 4) is 67.8 Å². The Morgan fingerprint density at radius 3 is 1.12 bits per heavy atom. The number of aromatic nitrogens is 4. The van der Waals surface area contributed by atoms with Crippen LogP contribution in [0.1, 0.15) is 0 Å². The van der Waals surface area contributed by atoms with Crippen LogP contribution < -0.4 is 9.47 Å². The largest absolute Gasteiger partial charge is 0.431 e. The van der Waals surface area contributed by atoms with E-state index in [1.807, 2.05) is 49.1 Å². The lowest BCUT2D eigenvalue weighted by Gasteiger charge is -2.23. The Hall–Kier alpha value is -6.92. The van der Waals surface area contributed by atoms with Crippen LogP contribution in [0.25, 0.3) is 77.1 Å². The Bertz CT molecular complexity index is 2580. The normalized spacial score (nSPS) is 11.9. The number of hydrogen-bond donors (Lipinski definition) is 0. The fourth-order valence-corrected chi connectivity index (χ4v) is 7.11. The van der Waals surface area contributed by atoms with Crippen molar-refractivity contribution in [1.29, 1.82) is 0 Å². The third-order valence-corrected chi connectivity index (χ3v) is 9.42. The maximum Gasteiger partial charge on any atom is 0.284 e. The summed E-state index contributed by atoms with van der Waals surface area (Å²) in [5, 5.41) is 4.56. The Morgan fingerprint density at radius 1 is 0.340 bits per heavy atom. The lowest BCUT2D eigenvalue weighted by molar-refractivity contribution is 0.339. The molecule has 6 heteroatoms. The summed E-state index contributed by atoms with van der Waals surface area (Å²) in [6.45, 7) is 0. The Kier molecular flexibility index (Phi) is 6.39. The minimum absolute atomic E-state index is 0.347. The van der Waals surface area contributed by atoms with Crippen molar-refractivity contribution in [2.75, 3.05) is 0 Å². The predicted molar refractivity (Wildman–Crippen MR) is 198 cm³/mol. The highest BCUT2D eigenvalue weighted by Gasteiger charge is 2.26. The molecule has 0 amide bonds. The van der Waals surface area contributed by atoms with Gasteiger partial charge >= 0.3 is 0 Å². The molecule has 9 aromatic rings. The summed E-state index contributed by atoms with van der Waals surface area (Å²) in [5.41, 5.74) is 10.2. The number of hydrogen-bond acceptors (Lipinski definition) is 6. The average Bonchev–Trinajstić information content (AvgIpc) is 3.18. The molecule has 234 valence electrons. The van der Waals surface area contributed by atoms with Gasteiger partial charge in [-0.2, -0.15) is 0 Å². The van der Waals surface area contributed by atoms with E-state index < -0.39 is 0 Å². The number of nitrogens with zero attached hydrogens (tertiary/aromatic N) is 4. The quantitative estimate of drug-likeness (QED) is 0.190. The molecule has 0 aliphatic carbocycles. The molecule has 0 fully saturated rings. The van der Waals surface area contributed by atoms with Crippen LogP contribution in [0.15, 0.2) is 158 Å². The first-order valence-corrected chi connectivity index (χ1v) is 16.4. The van der Waals surface area contributed by atoms with Crippen LogP contribution in [0.3, 0.4) is 0 Å². The number of pyridine rings is 2. The molecule has 0 N–H and O–H groups in total. The van der Waals surface area contributed by atoms with Crippen LogP contribution >= 0.6 is 0 Å². The molecule has 0 spiro atoms. The summed E-state index contributed by atoms with van der Waals surface area (Å²) in [7, 11) is 0. The number of ether oxygens (including phenoxy) is 2. The maximum absolute atomic E-state index is 6.50. The fraction of sp³-hybridized carbons (Fsp3) is 0. The average molecular weight is 643 g/mol. The molecule has 0 unspecified atom stereocenters. The summed E-state index contributed by atoms with van der Waals surface area (Å²) in [6.07, 6.45) is 7.34. The molecule has 0 bridgehead atoms. The van der Waals surface area contributed by atoms with Crippen molar-refractivity contribution in [1.82, 2.24) is 19.9 Å². The van der Waals surface area contributed by atoms with E-state index in [2.05, 4.69) is 119 Å². The molecule has 10 rings (SSSR count). The lowest BCUT2D eigenvalue weighted by Crippen LogP contribution is -2.04. The third-order valence-electron chi connectivity index (χ3n) is 9.42. The monoisotopic (exact) mass is 642 g/mol. The minimum Gasteiger partial charge on any atom is -0.431 e. The summed E-state index contributed by atoms with van der Waals surface area (Å²) in [5.74, 6) is 1.86. The Morgan fingerprint density at radius 2 is 0.700 bits per heavy atom. The maximum atomic E-state index is 6.50. The molecule has 0 saturated heterocycles. The van der Waals surface area contributed by atoms with E-state index in [4.69, 9.17) is 19.4 Å². The highest BCUT2D eigenvalue weighted by Crippen LogP contribution is 2.51. The number of para-hydroxylation sites is 2. The lowest BCUT2D eigenvalue weighted by atomic mass is 9.86. The first kappa shape index (κ1) is 28.1. The fourth-order valence-electron chi connectivity index (χ4n) is 7.11. The molecule has 3 aromatic heterocycles. The van der Waals surface area contributed by atoms with Crippen molar-refractivity contribution in [3.05, 3.63) is 158 Å². The van der Waals surface area contributed by atoms with Crippen molar-refractivity contribution >= 4 is 32.6 Å². The van der Waals surface area contributed by atoms with E-state index in [-0.39, 0.29) is 0 Å². The standard InChI is InChI=1S/C44H26N4O2/c1-3-9-33-31(7-1)29(27-17-21-45-22-18-27)13-15-35(33)37-25-41-42(50-44-43(49-41)47-39-11-5-6-12-40(39)48-44)26-38(37)36-16-14-30(28-19-23-46-24-20-28)32-8-2-4-10-34(32)36/h1-26H. The number of rotatable bonds is 4. The zero-order chi connectivity index (χ0) is 33.0. The van der Waals surface area contributed by atoms with Gasteiger partial charge in [-0.15, -0.1) is 0 Å². The molecular formula is C44H26N4O2. The van der Waals surface area contributed by atoms with E-state index in [1.165, 1.54) is 0 Å². The van der Waals surface area contributed by atoms with E-state index in [0.29, 0.717) is 23.3 Å². The molecule has 0 saturated carbocycles. The van der Waals surface area contributed by atoms with Crippen molar-refractivity contribution < 1.29 is 9.47 Å². The van der Waals surface area contributed by atoms with Gasteiger partial charge in [0, 0.05) is 24.8 Å². The summed E-state index contributed by atoms with van der Waals surface area (Å²) < 4.78 is 13.0. The van der Waals surface area contributed by atoms with Gasteiger partial charge in [0.2, 0.25) is 0 Å². The van der Waals surface area contributed by atoms with E-state index >= 15 is 0 Å². The van der Waals surface area contributed by atoms with Crippen LogP contribution in [0, 0.1) is 0 Å². The van der Waals surface area contributed by atoms with Crippen LogP contribution in [-0.2, 0) is 0 Å². The van der Waals surface area contributed by atoms with Crippen LogP contribution in [0.2, 0.25) is 0 Å². The van der Waals surface area contributed by atoms with Crippen molar-refractivity contribution in [2.24, 2.45) is 0 Å². The highest BCUT2D eigenvalue weighted by molar-refractivity contribution is 6.11. The second-order valence-corrected chi connectivity index (χ2v) is 12.3. The van der Waals surface area contributed by atoms with Gasteiger partial charge in [0.1, 0.15) is 0 Å². The molecule has 6 nitrogen and oxygen atoms in total. The predicted octanol–water partition coefficient (Wildman–Crippen LogP) is 11.3. The molecule has 0 radical (unpaired) electrons. The minimum atomic E-state index is 0.347. The topological polar surface area (TPSA) is 70.0 Å². The zero-order valence-electron chi connectivity index (χ0n) is 26.6. The van der Waals surface area contributed by atoms with Gasteiger partial charge in [-0.1, -0.05) is 84.9 Å². The van der Waals surface area contributed by atoms with E-state index in [9.17, 15) is 0 Å². The van der Waals surface area contributed by atoms with Crippen molar-refractivity contribution in [3.63, 3.8) is 0 Å². The number of fused-ring (bicyclic) bond motifs is 5. The molecular weight excluding hydrogens is 617 g/mol. The molecule has 4 heterocycles. The van der Waals surface area contributed by atoms with Crippen LogP contribution in [0.5, 0.6) is 23.3 Å². The van der Waals surface area contributed by atoms with Gasteiger partial charge in [0.05, 0.1) is 11.0 Å². The van der Waals surface area contributed by atoms with Crippen LogP contribution in [-0.4, -0.2) is 19.9 Å². The van der Waals surface area contributed by atoms with E-state index in [1.54, 1.807) is 0 Å². The Balaban J connectivity index is 1.23. The van der Waals surface area contributed by atoms with Crippen molar-refractivity contribution in [2.45, 2.75) is 0 Å². The van der Waals surface area contributed by atoms with Gasteiger partial charge in [-0.25, -0.2) is 9.97 Å². The van der Waals surface area contributed by atoms with Gasteiger partial charge in [-0.3, -0.25) is 9.97 Å². The SMILES string of the molecule is c1ccc2nc3c(nc2c1)Oc1cc(-c2ccc(-c4ccncc4)c4ccccc24)c(-c2ccc(-c4ccncc4)c4ccccc24)cc1O3. The van der Waals surface area contributed by atoms with Gasteiger partial charge in [0.15, 0.2) is 11.5 Å². The van der Waals surface area contributed by atoms with Gasteiger partial charge < -0.3 is 9.47 Å². The smallest absolute Gasteiger partial charge is 0.284 e. The summed E-state index contributed by atoms with van der Waals surface area (Å²) in [6, 6.07) is 46.0. The zero-order valence-corrected chi connectivity index (χ0v) is 26.6. The molecule has 0 atom stereocenters. The molecule has 1 aliphatic rings. The van der Waals surface area contributed by atoms with Gasteiger partial charge in [0.25, 0.3) is 11.8 Å². The van der Waals surface area contributed by atoms with E-state index in [0.717, 1.165) is 77.1 Å². The third kappa shape index (κ3) is 4.58. The Labute approximate surface area is 287 Å². The van der Waals surface area contributed by atoms with Crippen LogP contribution in [0.4, 0.5) is 0 Å².